The van der Waals surface area contributed by atoms with Gasteiger partial charge in [-0.3, -0.25) is 4.79 Å². The van der Waals surface area contributed by atoms with Crippen LogP contribution in [0.4, 0.5) is 10.5 Å². The standard InChI is InChI=1S/C23H27N3O3/c1-29-20-12-8-18(9-13-20)21-4-2-15-26(21)23(28)24-19-10-6-17(7-11-19)16-25-14-3-5-22(25)27/h6-13,21H,2-5,14-16H2,1H3,(H,24,28). The molecular weight excluding hydrogens is 366 g/mol. The fraction of sp³-hybridized carbons (Fsp3) is 0.391. The van der Waals surface area contributed by atoms with Gasteiger partial charge in [0.1, 0.15) is 5.75 Å². The number of methoxy groups -OCH3 is 1. The minimum absolute atomic E-state index is 0.0780. The molecule has 2 saturated heterocycles. The number of nitrogens with one attached hydrogen (secondary N) is 1. The number of rotatable bonds is 5. The van der Waals surface area contributed by atoms with Gasteiger partial charge in [0.05, 0.1) is 13.2 Å². The number of nitrogens with zero attached hydrogens (tertiary/aromatic N) is 2. The van der Waals surface area contributed by atoms with Crippen molar-refractivity contribution in [2.24, 2.45) is 0 Å². The second kappa shape index (κ2) is 8.55. The third-order valence-electron chi connectivity index (χ3n) is 5.76. The maximum atomic E-state index is 12.9. The summed E-state index contributed by atoms with van der Waals surface area (Å²) < 4.78 is 5.23. The van der Waals surface area contributed by atoms with Crippen LogP contribution in [0, 0.1) is 0 Å². The predicted octanol–water partition coefficient (Wildman–Crippen LogP) is 4.19. The number of carbonyl (C=O) groups is 2. The molecule has 29 heavy (non-hydrogen) atoms. The van der Waals surface area contributed by atoms with Crippen molar-refractivity contribution < 1.29 is 14.3 Å². The first-order valence-electron chi connectivity index (χ1n) is 10.2. The summed E-state index contributed by atoms with van der Waals surface area (Å²) in [6.45, 7) is 2.22. The summed E-state index contributed by atoms with van der Waals surface area (Å²) in [5, 5.41) is 3.02. The average molecular weight is 393 g/mol. The third-order valence-corrected chi connectivity index (χ3v) is 5.76. The lowest BCUT2D eigenvalue weighted by Gasteiger charge is -2.25. The van der Waals surface area contributed by atoms with Crippen LogP contribution >= 0.6 is 0 Å². The number of hydrogen-bond acceptors (Lipinski definition) is 3. The molecule has 2 aromatic rings. The van der Waals surface area contributed by atoms with Crippen molar-refractivity contribution >= 4 is 17.6 Å². The highest BCUT2D eigenvalue weighted by Gasteiger charge is 2.30. The Hall–Kier alpha value is -3.02. The molecule has 1 N–H and O–H groups in total. The van der Waals surface area contributed by atoms with Crippen LogP contribution in [0.25, 0.3) is 0 Å². The van der Waals surface area contributed by atoms with Gasteiger partial charge in [0.2, 0.25) is 5.91 Å². The van der Waals surface area contributed by atoms with Crippen molar-refractivity contribution in [1.82, 2.24) is 9.80 Å². The molecule has 2 aliphatic rings. The highest BCUT2D eigenvalue weighted by molar-refractivity contribution is 5.89. The Balaban J connectivity index is 1.38. The topological polar surface area (TPSA) is 61.9 Å². The summed E-state index contributed by atoms with van der Waals surface area (Å²) in [4.78, 5) is 28.4. The van der Waals surface area contributed by atoms with Crippen LogP contribution in [0.3, 0.4) is 0 Å². The highest BCUT2D eigenvalue weighted by atomic mass is 16.5. The molecule has 2 aromatic carbocycles. The van der Waals surface area contributed by atoms with Gasteiger partial charge in [-0.1, -0.05) is 24.3 Å². The molecule has 152 valence electrons. The minimum atomic E-state index is -0.0780. The van der Waals surface area contributed by atoms with E-state index >= 15 is 0 Å². The molecule has 0 saturated carbocycles. The molecule has 1 unspecified atom stereocenters. The van der Waals surface area contributed by atoms with E-state index in [-0.39, 0.29) is 18.0 Å². The molecule has 0 radical (unpaired) electrons. The van der Waals surface area contributed by atoms with E-state index in [1.165, 1.54) is 0 Å². The molecule has 1 atom stereocenters. The van der Waals surface area contributed by atoms with Crippen molar-refractivity contribution in [3.8, 4) is 5.75 Å². The van der Waals surface area contributed by atoms with E-state index < -0.39 is 0 Å². The first-order chi connectivity index (χ1) is 14.1. The number of hydrogen-bond donors (Lipinski definition) is 1. The lowest BCUT2D eigenvalue weighted by molar-refractivity contribution is -0.128. The highest BCUT2D eigenvalue weighted by Crippen LogP contribution is 2.33. The first kappa shape index (κ1) is 19.3. The number of amides is 3. The van der Waals surface area contributed by atoms with E-state index in [1.54, 1.807) is 7.11 Å². The number of ether oxygens (including phenoxy) is 1. The quantitative estimate of drug-likeness (QED) is 0.829. The van der Waals surface area contributed by atoms with Gasteiger partial charge in [-0.15, -0.1) is 0 Å². The van der Waals surface area contributed by atoms with Crippen molar-refractivity contribution in [1.29, 1.82) is 0 Å². The van der Waals surface area contributed by atoms with Gasteiger partial charge in [-0.25, -0.2) is 4.79 Å². The zero-order valence-electron chi connectivity index (χ0n) is 16.8. The maximum absolute atomic E-state index is 12.9. The molecule has 0 aromatic heterocycles. The molecule has 2 fully saturated rings. The lowest BCUT2D eigenvalue weighted by atomic mass is 10.0. The van der Waals surface area contributed by atoms with Crippen molar-refractivity contribution in [3.05, 3.63) is 59.7 Å². The third kappa shape index (κ3) is 4.36. The van der Waals surface area contributed by atoms with Crippen molar-refractivity contribution in [3.63, 3.8) is 0 Å². The normalized spacial score (nSPS) is 18.9. The van der Waals surface area contributed by atoms with Gasteiger partial charge < -0.3 is 19.9 Å². The summed E-state index contributed by atoms with van der Waals surface area (Å²) in [6.07, 6.45) is 3.55. The Bertz CT molecular complexity index is 864. The lowest BCUT2D eigenvalue weighted by Crippen LogP contribution is -2.34. The Morgan fingerprint density at radius 2 is 1.83 bits per heavy atom. The van der Waals surface area contributed by atoms with Gasteiger partial charge >= 0.3 is 6.03 Å². The van der Waals surface area contributed by atoms with Crippen molar-refractivity contribution in [2.75, 3.05) is 25.5 Å². The molecule has 4 rings (SSSR count). The number of benzene rings is 2. The van der Waals surface area contributed by atoms with E-state index in [0.717, 1.165) is 54.9 Å². The molecule has 6 nitrogen and oxygen atoms in total. The SMILES string of the molecule is COc1ccc(C2CCCN2C(=O)Nc2ccc(CN3CCCC3=O)cc2)cc1. The number of urea groups is 1. The molecule has 6 heteroatoms. The fourth-order valence-corrected chi connectivity index (χ4v) is 4.16. The fourth-order valence-electron chi connectivity index (χ4n) is 4.16. The monoisotopic (exact) mass is 393 g/mol. The number of anilines is 1. The molecule has 0 spiro atoms. The molecule has 2 aliphatic heterocycles. The van der Waals surface area contributed by atoms with Crippen LogP contribution in [0.1, 0.15) is 42.9 Å². The molecule has 2 heterocycles. The van der Waals surface area contributed by atoms with Crippen LogP contribution in [-0.4, -0.2) is 41.9 Å². The minimum Gasteiger partial charge on any atom is -0.497 e. The zero-order chi connectivity index (χ0) is 20.2. The van der Waals surface area contributed by atoms with Gasteiger partial charge in [-0.05, 0) is 54.7 Å². The summed E-state index contributed by atoms with van der Waals surface area (Å²) in [7, 11) is 1.65. The largest absolute Gasteiger partial charge is 0.497 e. The van der Waals surface area contributed by atoms with Crippen LogP contribution in [0.15, 0.2) is 48.5 Å². The summed E-state index contributed by atoms with van der Waals surface area (Å²) in [6, 6.07) is 15.7. The first-order valence-corrected chi connectivity index (χ1v) is 10.2. The summed E-state index contributed by atoms with van der Waals surface area (Å²) in [5.41, 5.74) is 2.98. The average Bonchev–Trinajstić information content (AvgIpc) is 3.39. The number of likely N-dealkylation sites (tertiary alicyclic amines) is 2. The van der Waals surface area contributed by atoms with Crippen LogP contribution in [-0.2, 0) is 11.3 Å². The molecular formula is C23H27N3O3. The Morgan fingerprint density at radius 1 is 1.07 bits per heavy atom. The Morgan fingerprint density at radius 3 is 2.48 bits per heavy atom. The smallest absolute Gasteiger partial charge is 0.322 e. The molecule has 3 amide bonds. The van der Waals surface area contributed by atoms with Crippen molar-refractivity contribution in [2.45, 2.75) is 38.3 Å². The number of carbonyl (C=O) groups excluding carboxylic acids is 2. The van der Waals surface area contributed by atoms with E-state index in [0.29, 0.717) is 13.0 Å². The predicted molar refractivity (Wildman–Crippen MR) is 112 cm³/mol. The van der Waals surface area contributed by atoms with Crippen LogP contribution in [0.5, 0.6) is 5.75 Å². The summed E-state index contributed by atoms with van der Waals surface area (Å²) >= 11 is 0. The second-order valence-electron chi connectivity index (χ2n) is 7.67. The van der Waals surface area contributed by atoms with E-state index in [4.69, 9.17) is 4.74 Å². The Kier molecular flexibility index (Phi) is 5.69. The van der Waals surface area contributed by atoms with Gasteiger partial charge in [0, 0.05) is 31.7 Å². The van der Waals surface area contributed by atoms with E-state index in [1.807, 2.05) is 58.3 Å². The Labute approximate surface area is 171 Å². The van der Waals surface area contributed by atoms with E-state index in [2.05, 4.69) is 5.32 Å². The molecule has 0 bridgehead atoms. The van der Waals surface area contributed by atoms with E-state index in [9.17, 15) is 9.59 Å². The van der Waals surface area contributed by atoms with Crippen LogP contribution in [0.2, 0.25) is 0 Å². The molecule has 0 aliphatic carbocycles. The second-order valence-corrected chi connectivity index (χ2v) is 7.67. The van der Waals surface area contributed by atoms with Gasteiger partial charge in [0.25, 0.3) is 0 Å². The van der Waals surface area contributed by atoms with Crippen LogP contribution < -0.4 is 10.1 Å². The van der Waals surface area contributed by atoms with Gasteiger partial charge in [0.15, 0.2) is 0 Å². The zero-order valence-corrected chi connectivity index (χ0v) is 16.8. The van der Waals surface area contributed by atoms with Gasteiger partial charge in [-0.2, -0.15) is 0 Å². The summed E-state index contributed by atoms with van der Waals surface area (Å²) in [5.74, 6) is 1.04. The maximum Gasteiger partial charge on any atom is 0.322 e.